The summed E-state index contributed by atoms with van der Waals surface area (Å²) in [6.07, 6.45) is 0. The molecule has 0 fully saturated rings. The highest BCUT2D eigenvalue weighted by molar-refractivity contribution is 7.89. The van der Waals surface area contributed by atoms with E-state index in [-0.39, 0.29) is 29.3 Å². The molecule has 0 aromatic heterocycles. The molecular weight excluding hydrogens is 420 g/mol. The van der Waals surface area contributed by atoms with Gasteiger partial charge in [0, 0.05) is 13.1 Å². The summed E-state index contributed by atoms with van der Waals surface area (Å²) < 4.78 is 32.5. The number of anilines is 2. The standard InChI is InChI=1S/C21H22N4O5S/c1-3-24(4-2)31(28,29)16-9-10-19-18(11-16)25(21(27)14-30-19)13-20(26)23-17-8-6-5-7-15(17)12-22/h5-11H,3-4,13-14H2,1-2H3,(H,23,26). The van der Waals surface area contributed by atoms with E-state index in [0.29, 0.717) is 24.5 Å². The van der Waals surface area contributed by atoms with E-state index in [1.165, 1.54) is 27.4 Å². The minimum absolute atomic E-state index is 0.00786. The summed E-state index contributed by atoms with van der Waals surface area (Å²) in [4.78, 5) is 26.3. The third-order valence-corrected chi connectivity index (χ3v) is 6.89. The lowest BCUT2D eigenvalue weighted by Gasteiger charge is -2.29. The fraction of sp³-hybridized carbons (Fsp3) is 0.286. The zero-order valence-electron chi connectivity index (χ0n) is 17.2. The lowest BCUT2D eigenvalue weighted by Crippen LogP contribution is -2.43. The van der Waals surface area contributed by atoms with E-state index in [9.17, 15) is 23.3 Å². The number of sulfonamides is 1. The number of hydrogen-bond donors (Lipinski definition) is 1. The average Bonchev–Trinajstić information content (AvgIpc) is 2.76. The first-order chi connectivity index (χ1) is 14.8. The monoisotopic (exact) mass is 442 g/mol. The summed E-state index contributed by atoms with van der Waals surface area (Å²) in [6.45, 7) is 3.45. The van der Waals surface area contributed by atoms with Crippen molar-refractivity contribution in [3.63, 3.8) is 0 Å². The number of nitrogens with zero attached hydrogens (tertiary/aromatic N) is 3. The van der Waals surface area contributed by atoms with E-state index in [1.807, 2.05) is 6.07 Å². The van der Waals surface area contributed by atoms with Crippen LogP contribution in [0.15, 0.2) is 47.4 Å². The van der Waals surface area contributed by atoms with Crippen LogP contribution in [0.1, 0.15) is 19.4 Å². The second kappa shape index (κ2) is 9.16. The molecule has 162 valence electrons. The van der Waals surface area contributed by atoms with Crippen LogP contribution >= 0.6 is 0 Å². The van der Waals surface area contributed by atoms with Crippen molar-refractivity contribution in [3.05, 3.63) is 48.0 Å². The molecule has 0 aliphatic carbocycles. The summed E-state index contributed by atoms with van der Waals surface area (Å²) in [5, 5.41) is 11.8. The predicted molar refractivity (Wildman–Crippen MR) is 114 cm³/mol. The number of nitriles is 1. The van der Waals surface area contributed by atoms with Gasteiger partial charge in [0.15, 0.2) is 6.61 Å². The van der Waals surface area contributed by atoms with Gasteiger partial charge < -0.3 is 10.1 Å². The number of carbonyl (C=O) groups is 2. The molecule has 9 nitrogen and oxygen atoms in total. The van der Waals surface area contributed by atoms with Crippen molar-refractivity contribution in [1.29, 1.82) is 5.26 Å². The van der Waals surface area contributed by atoms with Crippen molar-refractivity contribution in [3.8, 4) is 11.8 Å². The number of carbonyl (C=O) groups excluding carboxylic acids is 2. The van der Waals surface area contributed by atoms with Crippen molar-refractivity contribution in [2.75, 3.05) is 36.5 Å². The van der Waals surface area contributed by atoms with Crippen LogP contribution < -0.4 is 15.0 Å². The molecule has 0 unspecified atom stereocenters. The van der Waals surface area contributed by atoms with E-state index < -0.39 is 21.8 Å². The molecule has 3 rings (SSSR count). The van der Waals surface area contributed by atoms with Gasteiger partial charge in [0.2, 0.25) is 15.9 Å². The third kappa shape index (κ3) is 4.52. The van der Waals surface area contributed by atoms with E-state index in [2.05, 4.69) is 5.32 Å². The van der Waals surface area contributed by atoms with Crippen molar-refractivity contribution in [1.82, 2.24) is 4.31 Å². The Morgan fingerprint density at radius 2 is 1.94 bits per heavy atom. The minimum atomic E-state index is -3.76. The molecular formula is C21H22N4O5S. The van der Waals surface area contributed by atoms with Crippen LogP contribution in [-0.4, -0.2) is 50.8 Å². The fourth-order valence-corrected chi connectivity index (χ4v) is 4.73. The number of rotatable bonds is 7. The molecule has 0 spiro atoms. The number of hydrogen-bond acceptors (Lipinski definition) is 6. The van der Waals surface area contributed by atoms with Crippen molar-refractivity contribution >= 4 is 33.2 Å². The van der Waals surface area contributed by atoms with Gasteiger partial charge in [-0.2, -0.15) is 9.57 Å². The van der Waals surface area contributed by atoms with Crippen molar-refractivity contribution in [2.45, 2.75) is 18.7 Å². The Balaban J connectivity index is 1.91. The number of fused-ring (bicyclic) bond motifs is 1. The van der Waals surface area contributed by atoms with Gasteiger partial charge in [0.1, 0.15) is 18.4 Å². The first-order valence-electron chi connectivity index (χ1n) is 9.68. The summed E-state index contributed by atoms with van der Waals surface area (Å²) >= 11 is 0. The van der Waals surface area contributed by atoms with Gasteiger partial charge in [-0.1, -0.05) is 26.0 Å². The lowest BCUT2D eigenvalue weighted by atomic mass is 10.2. The second-order valence-corrected chi connectivity index (χ2v) is 8.63. The quantitative estimate of drug-likeness (QED) is 0.700. The molecule has 1 N–H and O–H groups in total. The van der Waals surface area contributed by atoms with Gasteiger partial charge in [-0.15, -0.1) is 0 Å². The molecule has 10 heteroatoms. The molecule has 1 aliphatic rings. The number of benzene rings is 2. The molecule has 31 heavy (non-hydrogen) atoms. The molecule has 1 aliphatic heterocycles. The van der Waals surface area contributed by atoms with Crippen LogP contribution in [0, 0.1) is 11.3 Å². The van der Waals surface area contributed by atoms with Gasteiger partial charge in [-0.3, -0.25) is 14.5 Å². The zero-order chi connectivity index (χ0) is 22.6. The molecule has 2 aromatic carbocycles. The normalized spacial score (nSPS) is 13.4. The Kier molecular flexibility index (Phi) is 6.58. The Morgan fingerprint density at radius 1 is 1.23 bits per heavy atom. The molecule has 0 atom stereocenters. The van der Waals surface area contributed by atoms with E-state index in [4.69, 9.17) is 4.74 Å². The Labute approximate surface area is 180 Å². The fourth-order valence-electron chi connectivity index (χ4n) is 3.25. The summed E-state index contributed by atoms with van der Waals surface area (Å²) in [7, 11) is -3.76. The highest BCUT2D eigenvalue weighted by Crippen LogP contribution is 2.35. The molecule has 2 aromatic rings. The van der Waals surface area contributed by atoms with Gasteiger partial charge in [-0.25, -0.2) is 8.42 Å². The van der Waals surface area contributed by atoms with Gasteiger partial charge in [0.25, 0.3) is 5.91 Å². The SMILES string of the molecule is CCN(CC)S(=O)(=O)c1ccc2c(c1)N(CC(=O)Nc1ccccc1C#N)C(=O)CO2. The largest absolute Gasteiger partial charge is 0.482 e. The maximum absolute atomic E-state index is 12.9. The van der Waals surface area contributed by atoms with Crippen LogP contribution in [0.25, 0.3) is 0 Å². The minimum Gasteiger partial charge on any atom is -0.482 e. The van der Waals surface area contributed by atoms with Crippen LogP contribution in [-0.2, 0) is 19.6 Å². The predicted octanol–water partition coefficient (Wildman–Crippen LogP) is 1.95. The highest BCUT2D eigenvalue weighted by Gasteiger charge is 2.30. The summed E-state index contributed by atoms with van der Waals surface area (Å²) in [5.41, 5.74) is 0.819. The van der Waals surface area contributed by atoms with Gasteiger partial charge in [0.05, 0.1) is 21.8 Å². The first kappa shape index (κ1) is 22.3. The Bertz CT molecular complexity index is 1150. The molecule has 0 radical (unpaired) electrons. The van der Waals surface area contributed by atoms with Crippen molar-refractivity contribution in [2.24, 2.45) is 0 Å². The topological polar surface area (TPSA) is 120 Å². The first-order valence-corrected chi connectivity index (χ1v) is 11.1. The zero-order valence-corrected chi connectivity index (χ0v) is 18.0. The Morgan fingerprint density at radius 3 is 2.61 bits per heavy atom. The highest BCUT2D eigenvalue weighted by atomic mass is 32.2. The second-order valence-electron chi connectivity index (χ2n) is 6.69. The number of amides is 2. The van der Waals surface area contributed by atoms with Crippen LogP contribution in [0.5, 0.6) is 5.75 Å². The van der Waals surface area contributed by atoms with Crippen LogP contribution in [0.2, 0.25) is 0 Å². The molecule has 0 saturated carbocycles. The van der Waals surface area contributed by atoms with Crippen molar-refractivity contribution < 1.29 is 22.7 Å². The summed E-state index contributed by atoms with van der Waals surface area (Å²) in [5.74, 6) is -0.696. The third-order valence-electron chi connectivity index (χ3n) is 4.84. The molecule has 0 saturated heterocycles. The maximum atomic E-state index is 12.9. The lowest BCUT2D eigenvalue weighted by molar-refractivity contribution is -0.123. The number of para-hydroxylation sites is 1. The smallest absolute Gasteiger partial charge is 0.265 e. The number of ether oxygens (including phenoxy) is 1. The number of nitrogens with one attached hydrogen (secondary N) is 1. The Hall–Kier alpha value is -3.42. The van der Waals surface area contributed by atoms with E-state index >= 15 is 0 Å². The van der Waals surface area contributed by atoms with Gasteiger partial charge >= 0.3 is 0 Å². The summed E-state index contributed by atoms with van der Waals surface area (Å²) in [6, 6.07) is 12.7. The molecule has 1 heterocycles. The van der Waals surface area contributed by atoms with Crippen LogP contribution in [0.4, 0.5) is 11.4 Å². The average molecular weight is 442 g/mol. The maximum Gasteiger partial charge on any atom is 0.265 e. The van der Waals surface area contributed by atoms with Gasteiger partial charge in [-0.05, 0) is 30.3 Å². The molecule has 2 amide bonds. The molecule has 0 bridgehead atoms. The van der Waals surface area contributed by atoms with Crippen LogP contribution in [0.3, 0.4) is 0 Å². The van der Waals surface area contributed by atoms with E-state index in [0.717, 1.165) is 0 Å². The van der Waals surface area contributed by atoms with E-state index in [1.54, 1.807) is 38.1 Å².